The third-order valence-electron chi connectivity index (χ3n) is 5.38. The molecular formula is C23H25F3N4O2. The predicted molar refractivity (Wildman–Crippen MR) is 112 cm³/mol. The summed E-state index contributed by atoms with van der Waals surface area (Å²) in [6, 6.07) is 12.8. The minimum atomic E-state index is -4.39. The van der Waals surface area contributed by atoms with Crippen molar-refractivity contribution in [3.05, 3.63) is 77.4 Å². The number of alkyl halides is 3. The number of hydrogen-bond donors (Lipinski definition) is 0. The van der Waals surface area contributed by atoms with Crippen LogP contribution in [0.1, 0.15) is 28.7 Å². The summed E-state index contributed by atoms with van der Waals surface area (Å²) in [6.07, 6.45) is -2.22. The molecule has 1 fully saturated rings. The van der Waals surface area contributed by atoms with Crippen LogP contribution in [0.3, 0.4) is 0 Å². The van der Waals surface area contributed by atoms with Gasteiger partial charge in [0.15, 0.2) is 0 Å². The van der Waals surface area contributed by atoms with Crippen molar-refractivity contribution >= 4 is 0 Å². The van der Waals surface area contributed by atoms with Crippen molar-refractivity contribution in [3.63, 3.8) is 0 Å². The largest absolute Gasteiger partial charge is 0.493 e. The summed E-state index contributed by atoms with van der Waals surface area (Å²) >= 11 is 0. The lowest BCUT2D eigenvalue weighted by molar-refractivity contribution is -0.137. The number of hydrogen-bond acceptors (Lipinski definition) is 5. The Balaban J connectivity index is 1.33. The van der Waals surface area contributed by atoms with Gasteiger partial charge in [-0.3, -0.25) is 14.6 Å². The van der Waals surface area contributed by atoms with Crippen molar-refractivity contribution in [1.82, 2.24) is 19.7 Å². The van der Waals surface area contributed by atoms with E-state index in [4.69, 9.17) is 9.47 Å². The summed E-state index contributed by atoms with van der Waals surface area (Å²) in [4.78, 5) is 6.68. The Labute approximate surface area is 184 Å². The van der Waals surface area contributed by atoms with Crippen LogP contribution in [-0.4, -0.2) is 46.0 Å². The molecule has 1 saturated heterocycles. The fourth-order valence-corrected chi connectivity index (χ4v) is 3.70. The van der Waals surface area contributed by atoms with Crippen molar-refractivity contribution in [2.75, 3.05) is 26.3 Å². The number of pyridine rings is 1. The first kappa shape index (κ1) is 22.3. The van der Waals surface area contributed by atoms with Crippen LogP contribution in [0, 0.1) is 0 Å². The van der Waals surface area contributed by atoms with Crippen molar-refractivity contribution in [1.29, 1.82) is 0 Å². The minimum Gasteiger partial charge on any atom is -0.493 e. The van der Waals surface area contributed by atoms with Gasteiger partial charge in [-0.05, 0) is 36.4 Å². The fourth-order valence-electron chi connectivity index (χ4n) is 3.70. The highest BCUT2D eigenvalue weighted by Gasteiger charge is 2.30. The molecule has 3 heterocycles. The van der Waals surface area contributed by atoms with Crippen LogP contribution in [0.25, 0.3) is 0 Å². The SMILES string of the molecule is Cn1nc(C2CN(Cc3ccccn3)CCO2)cc1CCOc1cccc(C(F)(F)F)c1. The zero-order valence-electron chi connectivity index (χ0n) is 17.8. The third-order valence-corrected chi connectivity index (χ3v) is 5.38. The van der Waals surface area contributed by atoms with Crippen molar-refractivity contribution < 1.29 is 22.6 Å². The van der Waals surface area contributed by atoms with Gasteiger partial charge in [0.25, 0.3) is 0 Å². The lowest BCUT2D eigenvalue weighted by atomic mass is 10.1. The smallest absolute Gasteiger partial charge is 0.416 e. The van der Waals surface area contributed by atoms with Crippen LogP contribution >= 0.6 is 0 Å². The number of aryl methyl sites for hydroxylation is 1. The molecule has 2 aromatic heterocycles. The maximum Gasteiger partial charge on any atom is 0.416 e. The van der Waals surface area contributed by atoms with Crippen LogP contribution < -0.4 is 4.74 Å². The molecule has 0 spiro atoms. The Morgan fingerprint density at radius 3 is 2.81 bits per heavy atom. The fraction of sp³-hybridized carbons (Fsp3) is 0.391. The van der Waals surface area contributed by atoms with E-state index in [1.54, 1.807) is 10.9 Å². The zero-order valence-corrected chi connectivity index (χ0v) is 17.8. The molecule has 0 aliphatic carbocycles. The number of nitrogens with zero attached hydrogens (tertiary/aromatic N) is 4. The average Bonchev–Trinajstić information content (AvgIpc) is 3.15. The standard InChI is InChI=1S/C23H25F3N4O2/c1-29-19(8-11-31-20-7-4-5-17(13-20)23(24,25)26)14-21(28-29)22-16-30(10-12-32-22)15-18-6-2-3-9-27-18/h2-7,9,13-14,22H,8,10-12,15-16H2,1H3. The van der Waals surface area contributed by atoms with Gasteiger partial charge in [-0.1, -0.05) is 12.1 Å². The van der Waals surface area contributed by atoms with Gasteiger partial charge < -0.3 is 9.47 Å². The van der Waals surface area contributed by atoms with E-state index in [0.29, 0.717) is 19.6 Å². The first-order valence-electron chi connectivity index (χ1n) is 10.5. The van der Waals surface area contributed by atoms with E-state index in [9.17, 15) is 13.2 Å². The number of rotatable bonds is 7. The van der Waals surface area contributed by atoms with E-state index in [2.05, 4.69) is 15.0 Å². The topological polar surface area (TPSA) is 52.4 Å². The molecule has 1 unspecified atom stereocenters. The molecule has 0 N–H and O–H groups in total. The van der Waals surface area contributed by atoms with E-state index in [1.807, 2.05) is 31.3 Å². The summed E-state index contributed by atoms with van der Waals surface area (Å²) in [7, 11) is 1.84. The maximum atomic E-state index is 12.9. The monoisotopic (exact) mass is 446 g/mol. The molecule has 6 nitrogen and oxygen atoms in total. The molecule has 0 radical (unpaired) electrons. The van der Waals surface area contributed by atoms with E-state index >= 15 is 0 Å². The molecule has 1 atom stereocenters. The van der Waals surface area contributed by atoms with Crippen LogP contribution in [0.4, 0.5) is 13.2 Å². The molecule has 4 rings (SSSR count). The Hall–Kier alpha value is -2.91. The molecule has 1 aromatic carbocycles. The number of morpholine rings is 1. The molecule has 0 bridgehead atoms. The predicted octanol–water partition coefficient (Wildman–Crippen LogP) is 4.03. The summed E-state index contributed by atoms with van der Waals surface area (Å²) < 4.78 is 51.8. The second kappa shape index (κ2) is 9.70. The highest BCUT2D eigenvalue weighted by Crippen LogP contribution is 2.31. The first-order chi connectivity index (χ1) is 15.4. The van der Waals surface area contributed by atoms with Gasteiger partial charge in [-0.15, -0.1) is 0 Å². The van der Waals surface area contributed by atoms with Gasteiger partial charge in [0.1, 0.15) is 11.9 Å². The van der Waals surface area contributed by atoms with E-state index in [-0.39, 0.29) is 18.5 Å². The van der Waals surface area contributed by atoms with Gasteiger partial charge in [0.2, 0.25) is 0 Å². The Kier molecular flexibility index (Phi) is 6.76. The lowest BCUT2D eigenvalue weighted by Gasteiger charge is -2.31. The molecule has 0 saturated carbocycles. The molecule has 32 heavy (non-hydrogen) atoms. The van der Waals surface area contributed by atoms with Gasteiger partial charge in [0.05, 0.1) is 30.2 Å². The third kappa shape index (κ3) is 5.66. The molecule has 9 heteroatoms. The zero-order chi connectivity index (χ0) is 22.6. The average molecular weight is 446 g/mol. The van der Waals surface area contributed by atoms with Crippen LogP contribution in [0.15, 0.2) is 54.7 Å². The van der Waals surface area contributed by atoms with E-state index in [1.165, 1.54) is 12.1 Å². The Morgan fingerprint density at radius 2 is 2.03 bits per heavy atom. The number of benzene rings is 1. The van der Waals surface area contributed by atoms with Gasteiger partial charge in [-0.2, -0.15) is 18.3 Å². The molecule has 3 aromatic rings. The second-order valence-corrected chi connectivity index (χ2v) is 7.72. The van der Waals surface area contributed by atoms with E-state index in [0.717, 1.165) is 42.3 Å². The molecule has 1 aliphatic rings. The quantitative estimate of drug-likeness (QED) is 0.549. The summed E-state index contributed by atoms with van der Waals surface area (Å²) in [5, 5.41) is 4.59. The van der Waals surface area contributed by atoms with Gasteiger partial charge in [0, 0.05) is 45.0 Å². The maximum absolute atomic E-state index is 12.9. The highest BCUT2D eigenvalue weighted by molar-refractivity contribution is 5.30. The Bertz CT molecular complexity index is 1020. The normalized spacial score (nSPS) is 17.4. The summed E-state index contributed by atoms with van der Waals surface area (Å²) in [6.45, 7) is 3.16. The number of ether oxygens (including phenoxy) is 2. The molecule has 0 amide bonds. The van der Waals surface area contributed by atoms with Crippen molar-refractivity contribution in [3.8, 4) is 5.75 Å². The Morgan fingerprint density at radius 1 is 1.16 bits per heavy atom. The molecular weight excluding hydrogens is 421 g/mol. The summed E-state index contributed by atoms with van der Waals surface area (Å²) in [5.74, 6) is 0.197. The highest BCUT2D eigenvalue weighted by atomic mass is 19.4. The van der Waals surface area contributed by atoms with Crippen molar-refractivity contribution in [2.24, 2.45) is 7.05 Å². The van der Waals surface area contributed by atoms with Gasteiger partial charge in [-0.25, -0.2) is 0 Å². The van der Waals surface area contributed by atoms with Crippen molar-refractivity contribution in [2.45, 2.75) is 25.2 Å². The molecule has 170 valence electrons. The second-order valence-electron chi connectivity index (χ2n) is 7.72. The van der Waals surface area contributed by atoms with Crippen LogP contribution in [0.2, 0.25) is 0 Å². The lowest BCUT2D eigenvalue weighted by Crippen LogP contribution is -2.38. The molecule has 1 aliphatic heterocycles. The number of halogens is 3. The minimum absolute atomic E-state index is 0.142. The van der Waals surface area contributed by atoms with Gasteiger partial charge >= 0.3 is 6.18 Å². The number of aromatic nitrogens is 3. The van der Waals surface area contributed by atoms with Crippen LogP contribution in [0.5, 0.6) is 5.75 Å². The summed E-state index contributed by atoms with van der Waals surface area (Å²) in [5.41, 5.74) is 2.06. The van der Waals surface area contributed by atoms with Crippen LogP contribution in [-0.2, 0) is 30.9 Å². The first-order valence-corrected chi connectivity index (χ1v) is 10.5. The van der Waals surface area contributed by atoms with E-state index < -0.39 is 11.7 Å².